The normalized spacial score (nSPS) is 10.5. The van der Waals surface area contributed by atoms with Crippen LogP contribution in [0, 0.1) is 18.3 Å². The number of aromatic nitrogens is 2. The highest BCUT2D eigenvalue weighted by Crippen LogP contribution is 2.30. The van der Waals surface area contributed by atoms with E-state index in [4.69, 9.17) is 10.4 Å². The summed E-state index contributed by atoms with van der Waals surface area (Å²) in [6.07, 6.45) is 0.636. The molecule has 0 aliphatic carbocycles. The summed E-state index contributed by atoms with van der Waals surface area (Å²) >= 11 is 1.51. The number of H-pyrrole nitrogens is 1. The SMILES string of the molecule is Cc1[nH]c(=O)c(C#N)cc1-c1csc(-c2ccc(CCO)cc2)n1. The zero-order valence-electron chi connectivity index (χ0n) is 13.0. The van der Waals surface area contributed by atoms with Gasteiger partial charge >= 0.3 is 0 Å². The van der Waals surface area contributed by atoms with Gasteiger partial charge in [-0.1, -0.05) is 24.3 Å². The van der Waals surface area contributed by atoms with Gasteiger partial charge in [-0.05, 0) is 25.0 Å². The van der Waals surface area contributed by atoms with Crippen LogP contribution < -0.4 is 5.56 Å². The van der Waals surface area contributed by atoms with Crippen molar-refractivity contribution in [3.8, 4) is 27.9 Å². The van der Waals surface area contributed by atoms with Crippen molar-refractivity contribution in [3.63, 3.8) is 0 Å². The third kappa shape index (κ3) is 3.13. The molecule has 3 aromatic rings. The summed E-state index contributed by atoms with van der Waals surface area (Å²) in [5.41, 5.74) is 3.95. The number of thiazole rings is 1. The van der Waals surface area contributed by atoms with Gasteiger partial charge in [0.2, 0.25) is 0 Å². The van der Waals surface area contributed by atoms with E-state index >= 15 is 0 Å². The Morgan fingerprint density at radius 1 is 1.33 bits per heavy atom. The summed E-state index contributed by atoms with van der Waals surface area (Å²) in [7, 11) is 0. The van der Waals surface area contributed by atoms with E-state index in [0.717, 1.165) is 27.4 Å². The summed E-state index contributed by atoms with van der Waals surface area (Å²) in [4.78, 5) is 19.0. The van der Waals surface area contributed by atoms with Crippen molar-refractivity contribution >= 4 is 11.3 Å². The molecule has 2 N–H and O–H groups in total. The van der Waals surface area contributed by atoms with Gasteiger partial charge in [-0.2, -0.15) is 5.26 Å². The van der Waals surface area contributed by atoms with E-state index in [1.54, 1.807) is 13.0 Å². The Labute approximate surface area is 142 Å². The van der Waals surface area contributed by atoms with Crippen molar-refractivity contribution in [1.82, 2.24) is 9.97 Å². The first kappa shape index (κ1) is 16.1. The Morgan fingerprint density at radius 3 is 2.75 bits per heavy atom. The number of aliphatic hydroxyl groups is 1. The quantitative estimate of drug-likeness (QED) is 0.766. The van der Waals surface area contributed by atoms with E-state index in [0.29, 0.717) is 12.1 Å². The lowest BCUT2D eigenvalue weighted by molar-refractivity contribution is 0.299. The fourth-order valence-electron chi connectivity index (χ4n) is 2.45. The second kappa shape index (κ2) is 6.79. The van der Waals surface area contributed by atoms with Crippen LogP contribution in [0.15, 0.2) is 40.5 Å². The minimum absolute atomic E-state index is 0.0820. The lowest BCUT2D eigenvalue weighted by atomic mass is 10.1. The monoisotopic (exact) mass is 337 g/mol. The zero-order valence-corrected chi connectivity index (χ0v) is 13.9. The van der Waals surface area contributed by atoms with Crippen molar-refractivity contribution in [1.29, 1.82) is 5.26 Å². The third-order valence-electron chi connectivity index (χ3n) is 3.74. The van der Waals surface area contributed by atoms with Gasteiger partial charge in [-0.15, -0.1) is 11.3 Å². The molecule has 2 heterocycles. The van der Waals surface area contributed by atoms with E-state index in [-0.39, 0.29) is 17.7 Å². The van der Waals surface area contributed by atoms with Gasteiger partial charge in [-0.25, -0.2) is 4.98 Å². The highest BCUT2D eigenvalue weighted by atomic mass is 32.1. The Kier molecular flexibility index (Phi) is 4.56. The Morgan fingerprint density at radius 2 is 2.08 bits per heavy atom. The van der Waals surface area contributed by atoms with Crippen LogP contribution in [0.5, 0.6) is 0 Å². The minimum Gasteiger partial charge on any atom is -0.396 e. The number of rotatable bonds is 4. The lowest BCUT2D eigenvalue weighted by Crippen LogP contribution is -2.11. The molecule has 0 saturated heterocycles. The van der Waals surface area contributed by atoms with Crippen molar-refractivity contribution in [2.24, 2.45) is 0 Å². The number of pyridine rings is 1. The molecule has 0 atom stereocenters. The Balaban J connectivity index is 1.96. The fourth-order valence-corrected chi connectivity index (χ4v) is 3.27. The molecule has 6 heteroatoms. The van der Waals surface area contributed by atoms with Gasteiger partial charge < -0.3 is 10.1 Å². The van der Waals surface area contributed by atoms with Gasteiger partial charge in [0, 0.05) is 28.8 Å². The average molecular weight is 337 g/mol. The molecular formula is C18H15N3O2S. The molecule has 2 aromatic heterocycles. The predicted molar refractivity (Wildman–Crippen MR) is 93.8 cm³/mol. The van der Waals surface area contributed by atoms with Crippen LogP contribution in [0.3, 0.4) is 0 Å². The number of hydrogen-bond donors (Lipinski definition) is 2. The van der Waals surface area contributed by atoms with E-state index < -0.39 is 0 Å². The lowest BCUT2D eigenvalue weighted by Gasteiger charge is -2.03. The van der Waals surface area contributed by atoms with Crippen LogP contribution in [0.4, 0.5) is 0 Å². The molecule has 0 aliphatic rings. The second-order valence-electron chi connectivity index (χ2n) is 5.37. The molecule has 0 bridgehead atoms. The number of nitriles is 1. The molecule has 0 fully saturated rings. The molecule has 0 unspecified atom stereocenters. The standard InChI is InChI=1S/C18H15N3O2S/c1-11-15(8-14(9-19)17(23)20-11)16-10-24-18(21-16)13-4-2-12(3-5-13)6-7-22/h2-5,8,10,22H,6-7H2,1H3,(H,20,23). The van der Waals surface area contributed by atoms with Crippen molar-refractivity contribution in [2.75, 3.05) is 6.61 Å². The summed E-state index contributed by atoms with van der Waals surface area (Å²) in [5, 5.41) is 20.8. The van der Waals surface area contributed by atoms with Crippen LogP contribution in [-0.4, -0.2) is 21.7 Å². The van der Waals surface area contributed by atoms with Crippen LogP contribution in [0.1, 0.15) is 16.8 Å². The van der Waals surface area contributed by atoms with Crippen LogP contribution in [0.2, 0.25) is 0 Å². The van der Waals surface area contributed by atoms with E-state index in [1.165, 1.54) is 11.3 Å². The van der Waals surface area contributed by atoms with Gasteiger partial charge in [0.25, 0.3) is 5.56 Å². The van der Waals surface area contributed by atoms with Gasteiger partial charge in [0.15, 0.2) is 0 Å². The molecule has 0 aliphatic heterocycles. The summed E-state index contributed by atoms with van der Waals surface area (Å²) < 4.78 is 0. The molecule has 0 spiro atoms. The average Bonchev–Trinajstić information content (AvgIpc) is 3.06. The topological polar surface area (TPSA) is 89.8 Å². The molecule has 1 aromatic carbocycles. The maximum Gasteiger partial charge on any atom is 0.266 e. The highest BCUT2D eigenvalue weighted by Gasteiger charge is 2.12. The summed E-state index contributed by atoms with van der Waals surface area (Å²) in [5.74, 6) is 0. The molecule has 3 rings (SSSR count). The number of hydrogen-bond acceptors (Lipinski definition) is 5. The molecule has 5 nitrogen and oxygen atoms in total. The van der Waals surface area contributed by atoms with Gasteiger partial charge in [-0.3, -0.25) is 4.79 Å². The molecule has 120 valence electrons. The summed E-state index contributed by atoms with van der Waals surface area (Å²) in [6, 6.07) is 11.4. The van der Waals surface area contributed by atoms with E-state index in [1.807, 2.05) is 35.7 Å². The molecule has 0 radical (unpaired) electrons. The molecule has 24 heavy (non-hydrogen) atoms. The van der Waals surface area contributed by atoms with Crippen LogP contribution >= 0.6 is 11.3 Å². The molecule has 0 saturated carbocycles. The van der Waals surface area contributed by atoms with Crippen molar-refractivity contribution < 1.29 is 5.11 Å². The molecular weight excluding hydrogens is 322 g/mol. The maximum atomic E-state index is 11.7. The van der Waals surface area contributed by atoms with Crippen molar-refractivity contribution in [3.05, 3.63) is 62.9 Å². The highest BCUT2D eigenvalue weighted by molar-refractivity contribution is 7.13. The minimum atomic E-state index is -0.381. The van der Waals surface area contributed by atoms with E-state index in [9.17, 15) is 4.79 Å². The van der Waals surface area contributed by atoms with Gasteiger partial charge in [0.05, 0.1) is 5.69 Å². The number of aryl methyl sites for hydroxylation is 1. The third-order valence-corrected chi connectivity index (χ3v) is 4.63. The van der Waals surface area contributed by atoms with Crippen molar-refractivity contribution in [2.45, 2.75) is 13.3 Å². The fraction of sp³-hybridized carbons (Fsp3) is 0.167. The van der Waals surface area contributed by atoms with Crippen LogP contribution in [-0.2, 0) is 6.42 Å². The second-order valence-corrected chi connectivity index (χ2v) is 6.23. The summed E-state index contributed by atoms with van der Waals surface area (Å²) in [6.45, 7) is 1.92. The number of benzene rings is 1. The Hall–Kier alpha value is -2.75. The largest absolute Gasteiger partial charge is 0.396 e. The number of aliphatic hydroxyl groups excluding tert-OH is 1. The first-order valence-electron chi connectivity index (χ1n) is 7.42. The number of aromatic amines is 1. The first-order valence-corrected chi connectivity index (χ1v) is 8.30. The first-order chi connectivity index (χ1) is 11.6. The van der Waals surface area contributed by atoms with Crippen LogP contribution in [0.25, 0.3) is 21.8 Å². The smallest absolute Gasteiger partial charge is 0.266 e. The van der Waals surface area contributed by atoms with E-state index in [2.05, 4.69) is 9.97 Å². The predicted octanol–water partition coefficient (Wildman–Crippen LogP) is 2.88. The zero-order chi connectivity index (χ0) is 17.1. The van der Waals surface area contributed by atoms with Gasteiger partial charge in [0.1, 0.15) is 16.6 Å². The maximum absolute atomic E-state index is 11.7. The number of nitrogens with one attached hydrogen (secondary N) is 1. The number of nitrogens with zero attached hydrogens (tertiary/aromatic N) is 2. The Bertz CT molecular complexity index is 965. The molecule has 0 amide bonds.